The molecule has 18 heavy (non-hydrogen) atoms. The van der Waals surface area contributed by atoms with E-state index in [9.17, 15) is 0 Å². The van der Waals surface area contributed by atoms with Crippen molar-refractivity contribution >= 4 is 0 Å². The molecule has 1 aliphatic heterocycles. The Kier molecular flexibility index (Phi) is 4.38. The second-order valence-corrected chi connectivity index (χ2v) is 5.49. The van der Waals surface area contributed by atoms with E-state index in [4.69, 9.17) is 5.26 Å². The molecule has 1 atom stereocenters. The lowest BCUT2D eigenvalue weighted by molar-refractivity contribution is 0.0821. The minimum atomic E-state index is 0.238. The van der Waals surface area contributed by atoms with Crippen molar-refractivity contribution in [2.24, 2.45) is 5.41 Å². The second kappa shape index (κ2) is 6.02. The first kappa shape index (κ1) is 13.1. The largest absolute Gasteiger partial charge is 0.298 e. The van der Waals surface area contributed by atoms with Crippen molar-refractivity contribution in [2.75, 3.05) is 13.1 Å². The van der Waals surface area contributed by atoms with Crippen molar-refractivity contribution in [1.82, 2.24) is 4.90 Å². The van der Waals surface area contributed by atoms with E-state index in [-0.39, 0.29) is 5.41 Å². The third-order valence-electron chi connectivity index (χ3n) is 4.19. The monoisotopic (exact) mass is 242 g/mol. The number of hydrogen-bond donors (Lipinski definition) is 0. The Balaban J connectivity index is 2.00. The summed E-state index contributed by atoms with van der Waals surface area (Å²) < 4.78 is 0. The van der Waals surface area contributed by atoms with E-state index in [0.717, 1.165) is 19.5 Å². The van der Waals surface area contributed by atoms with Crippen LogP contribution in [0.5, 0.6) is 0 Å². The van der Waals surface area contributed by atoms with Gasteiger partial charge in [0.05, 0.1) is 6.07 Å². The van der Waals surface area contributed by atoms with Gasteiger partial charge in [0.15, 0.2) is 0 Å². The Morgan fingerprint density at radius 1 is 1.33 bits per heavy atom. The van der Waals surface area contributed by atoms with Crippen LogP contribution in [-0.2, 0) is 6.54 Å². The highest BCUT2D eigenvalue weighted by Gasteiger charge is 2.33. The molecule has 0 aromatic heterocycles. The molecule has 0 radical (unpaired) electrons. The van der Waals surface area contributed by atoms with Gasteiger partial charge in [-0.15, -0.1) is 0 Å². The summed E-state index contributed by atoms with van der Waals surface area (Å²) in [6.07, 6.45) is 4.26. The molecule has 0 spiro atoms. The lowest BCUT2D eigenvalue weighted by Crippen LogP contribution is -2.42. The fourth-order valence-electron chi connectivity index (χ4n) is 3.01. The average molecular weight is 242 g/mol. The van der Waals surface area contributed by atoms with Crippen molar-refractivity contribution in [1.29, 1.82) is 5.26 Å². The number of nitriles is 1. The van der Waals surface area contributed by atoms with Gasteiger partial charge in [0.1, 0.15) is 0 Å². The molecule has 1 unspecified atom stereocenters. The first-order chi connectivity index (χ1) is 8.78. The van der Waals surface area contributed by atoms with Crippen LogP contribution in [0.3, 0.4) is 0 Å². The molecule has 1 saturated heterocycles. The van der Waals surface area contributed by atoms with Gasteiger partial charge in [-0.05, 0) is 36.8 Å². The summed E-state index contributed by atoms with van der Waals surface area (Å²) in [5.41, 5.74) is 1.61. The Morgan fingerprint density at radius 2 is 2.11 bits per heavy atom. The molecule has 1 aromatic rings. The molecule has 0 aliphatic carbocycles. The van der Waals surface area contributed by atoms with Crippen molar-refractivity contribution in [3.05, 3.63) is 35.9 Å². The summed E-state index contributed by atoms with van der Waals surface area (Å²) in [4.78, 5) is 2.51. The topological polar surface area (TPSA) is 27.0 Å². The third-order valence-corrected chi connectivity index (χ3v) is 4.19. The predicted molar refractivity (Wildman–Crippen MR) is 73.9 cm³/mol. The molecule has 2 rings (SSSR count). The zero-order valence-corrected chi connectivity index (χ0v) is 11.2. The Morgan fingerprint density at radius 3 is 2.78 bits per heavy atom. The van der Waals surface area contributed by atoms with Gasteiger partial charge in [-0.1, -0.05) is 37.3 Å². The molecular weight excluding hydrogens is 220 g/mol. The highest BCUT2D eigenvalue weighted by Crippen LogP contribution is 2.36. The number of likely N-dealkylation sites (tertiary alicyclic amines) is 1. The normalized spacial score (nSPS) is 24.7. The average Bonchev–Trinajstić information content (AvgIpc) is 2.41. The summed E-state index contributed by atoms with van der Waals surface area (Å²) in [6.45, 7) is 5.49. The standard InChI is InChI=1S/C16H22N2/c1-2-16(10-11-17)9-6-12-18(14-16)13-15-7-4-3-5-8-15/h3-5,7-8H,2,6,9-10,12-14H2,1H3. The molecule has 1 aliphatic rings. The van der Waals surface area contributed by atoms with Crippen molar-refractivity contribution in [3.8, 4) is 6.07 Å². The minimum absolute atomic E-state index is 0.238. The van der Waals surface area contributed by atoms with Gasteiger partial charge in [-0.2, -0.15) is 5.26 Å². The van der Waals surface area contributed by atoms with E-state index < -0.39 is 0 Å². The lowest BCUT2D eigenvalue weighted by Gasteiger charge is -2.41. The van der Waals surface area contributed by atoms with Gasteiger partial charge in [0.25, 0.3) is 0 Å². The van der Waals surface area contributed by atoms with Crippen molar-refractivity contribution in [3.63, 3.8) is 0 Å². The SMILES string of the molecule is CCC1(CC#N)CCCN(Cc2ccccc2)C1. The summed E-state index contributed by atoms with van der Waals surface area (Å²) in [5, 5.41) is 9.02. The number of nitrogens with zero attached hydrogens (tertiary/aromatic N) is 2. The van der Waals surface area contributed by atoms with Crippen LogP contribution in [0.25, 0.3) is 0 Å². The van der Waals surface area contributed by atoms with E-state index in [1.807, 2.05) is 0 Å². The van der Waals surface area contributed by atoms with E-state index in [1.165, 1.54) is 24.9 Å². The number of rotatable bonds is 4. The number of benzene rings is 1. The van der Waals surface area contributed by atoms with Gasteiger partial charge < -0.3 is 0 Å². The van der Waals surface area contributed by atoms with E-state index >= 15 is 0 Å². The molecule has 0 saturated carbocycles. The van der Waals surface area contributed by atoms with Crippen LogP contribution in [0.2, 0.25) is 0 Å². The van der Waals surface area contributed by atoms with Gasteiger partial charge in [0, 0.05) is 19.5 Å². The quantitative estimate of drug-likeness (QED) is 0.806. The van der Waals surface area contributed by atoms with Crippen LogP contribution in [0.4, 0.5) is 0 Å². The summed E-state index contributed by atoms with van der Waals surface area (Å²) in [7, 11) is 0. The highest BCUT2D eigenvalue weighted by atomic mass is 15.1. The van der Waals surface area contributed by atoms with Gasteiger partial charge in [-0.3, -0.25) is 4.90 Å². The molecule has 0 bridgehead atoms. The Bertz CT molecular complexity index is 407. The maximum atomic E-state index is 9.02. The summed E-state index contributed by atoms with van der Waals surface area (Å²) in [5.74, 6) is 0. The van der Waals surface area contributed by atoms with Crippen LogP contribution in [-0.4, -0.2) is 18.0 Å². The van der Waals surface area contributed by atoms with Crippen LogP contribution >= 0.6 is 0 Å². The molecular formula is C16H22N2. The van der Waals surface area contributed by atoms with Gasteiger partial charge >= 0.3 is 0 Å². The fraction of sp³-hybridized carbons (Fsp3) is 0.562. The van der Waals surface area contributed by atoms with Crippen LogP contribution in [0.15, 0.2) is 30.3 Å². The van der Waals surface area contributed by atoms with E-state index in [2.05, 4.69) is 48.2 Å². The molecule has 1 fully saturated rings. The molecule has 2 nitrogen and oxygen atoms in total. The zero-order chi connectivity index (χ0) is 12.8. The highest BCUT2D eigenvalue weighted by molar-refractivity contribution is 5.14. The van der Waals surface area contributed by atoms with Crippen LogP contribution in [0, 0.1) is 16.7 Å². The smallest absolute Gasteiger partial charge is 0.0628 e. The maximum absolute atomic E-state index is 9.02. The van der Waals surface area contributed by atoms with E-state index in [1.54, 1.807) is 0 Å². The van der Waals surface area contributed by atoms with Crippen LogP contribution in [0.1, 0.15) is 38.2 Å². The molecule has 1 aromatic carbocycles. The predicted octanol–water partition coefficient (Wildman–Crippen LogP) is 3.59. The summed E-state index contributed by atoms with van der Waals surface area (Å²) in [6, 6.07) is 13.0. The molecule has 2 heteroatoms. The first-order valence-corrected chi connectivity index (χ1v) is 6.91. The molecule has 96 valence electrons. The van der Waals surface area contributed by atoms with Crippen molar-refractivity contribution < 1.29 is 0 Å². The number of hydrogen-bond acceptors (Lipinski definition) is 2. The molecule has 0 N–H and O–H groups in total. The van der Waals surface area contributed by atoms with Gasteiger partial charge in [-0.25, -0.2) is 0 Å². The summed E-state index contributed by atoms with van der Waals surface area (Å²) >= 11 is 0. The van der Waals surface area contributed by atoms with Crippen molar-refractivity contribution in [2.45, 2.75) is 39.2 Å². The third kappa shape index (κ3) is 3.11. The van der Waals surface area contributed by atoms with Crippen LogP contribution < -0.4 is 0 Å². The molecule has 1 heterocycles. The first-order valence-electron chi connectivity index (χ1n) is 6.91. The zero-order valence-electron chi connectivity index (χ0n) is 11.2. The maximum Gasteiger partial charge on any atom is 0.0628 e. The lowest BCUT2D eigenvalue weighted by atomic mass is 9.75. The Hall–Kier alpha value is -1.33. The number of piperidine rings is 1. The van der Waals surface area contributed by atoms with Gasteiger partial charge in [0.2, 0.25) is 0 Å². The van der Waals surface area contributed by atoms with E-state index in [0.29, 0.717) is 6.42 Å². The minimum Gasteiger partial charge on any atom is -0.298 e. The second-order valence-electron chi connectivity index (χ2n) is 5.49. The fourth-order valence-corrected chi connectivity index (χ4v) is 3.01. The Labute approximate surface area is 110 Å². The molecule has 0 amide bonds.